The third-order valence-corrected chi connectivity index (χ3v) is 5.27. The number of amides is 1. The van der Waals surface area contributed by atoms with Crippen LogP contribution in [0.1, 0.15) is 35.3 Å². The van der Waals surface area contributed by atoms with E-state index in [1.165, 1.54) is 24.3 Å². The smallest absolute Gasteiger partial charge is 0.270 e. The lowest BCUT2D eigenvalue weighted by atomic mass is 10.1. The molecule has 0 aliphatic rings. The lowest BCUT2D eigenvalue weighted by Gasteiger charge is -2.19. The standard InChI is InChI=1S/C23H26FN5O3/c1-25-21-12-11-19(29(31)32)15-20(21)23(30)28(2)13-5-3-4-6-18-14-22(27-26-18)16-7-9-17(24)10-8-16/h7-12,14-15,25H,3-6,13H2,1-2H3,(H,26,27). The molecule has 3 aromatic rings. The van der Waals surface area contributed by atoms with E-state index in [0.29, 0.717) is 12.2 Å². The summed E-state index contributed by atoms with van der Waals surface area (Å²) < 4.78 is 13.1. The first-order chi connectivity index (χ1) is 15.4. The maximum absolute atomic E-state index is 13.1. The van der Waals surface area contributed by atoms with Gasteiger partial charge in [-0.3, -0.25) is 20.0 Å². The van der Waals surface area contributed by atoms with Crippen molar-refractivity contribution in [3.63, 3.8) is 0 Å². The van der Waals surface area contributed by atoms with E-state index in [1.807, 2.05) is 6.07 Å². The van der Waals surface area contributed by atoms with E-state index in [-0.39, 0.29) is 23.0 Å². The molecule has 0 atom stereocenters. The minimum absolute atomic E-state index is 0.111. The van der Waals surface area contributed by atoms with Gasteiger partial charge in [-0.1, -0.05) is 6.42 Å². The fourth-order valence-corrected chi connectivity index (χ4v) is 3.45. The summed E-state index contributed by atoms with van der Waals surface area (Å²) in [5.74, 6) is -0.531. The molecule has 0 unspecified atom stereocenters. The number of carbonyl (C=O) groups excluding carboxylic acids is 1. The van der Waals surface area contributed by atoms with Gasteiger partial charge in [0.05, 0.1) is 16.2 Å². The van der Waals surface area contributed by atoms with Gasteiger partial charge in [0.25, 0.3) is 11.6 Å². The molecule has 0 saturated heterocycles. The highest BCUT2D eigenvalue weighted by Crippen LogP contribution is 2.23. The molecular formula is C23H26FN5O3. The van der Waals surface area contributed by atoms with Crippen LogP contribution >= 0.6 is 0 Å². The molecule has 0 bridgehead atoms. The highest BCUT2D eigenvalue weighted by atomic mass is 19.1. The Morgan fingerprint density at radius 3 is 2.59 bits per heavy atom. The molecule has 32 heavy (non-hydrogen) atoms. The average Bonchev–Trinajstić information content (AvgIpc) is 3.27. The summed E-state index contributed by atoms with van der Waals surface area (Å²) in [6.07, 6.45) is 3.47. The number of unbranched alkanes of at least 4 members (excludes halogenated alkanes) is 2. The van der Waals surface area contributed by atoms with Gasteiger partial charge in [-0.05, 0) is 55.7 Å². The number of carbonyl (C=O) groups is 1. The predicted octanol–water partition coefficient (Wildman–Crippen LogP) is 4.65. The van der Waals surface area contributed by atoms with Gasteiger partial charge in [0.2, 0.25) is 0 Å². The fraction of sp³-hybridized carbons (Fsp3) is 0.304. The molecule has 3 rings (SSSR count). The zero-order chi connectivity index (χ0) is 23.1. The van der Waals surface area contributed by atoms with Gasteiger partial charge in [0.15, 0.2) is 0 Å². The number of nitrogens with zero attached hydrogens (tertiary/aromatic N) is 3. The van der Waals surface area contributed by atoms with Crippen LogP contribution in [-0.2, 0) is 6.42 Å². The molecule has 8 nitrogen and oxygen atoms in total. The normalized spacial score (nSPS) is 10.7. The third-order valence-electron chi connectivity index (χ3n) is 5.27. The summed E-state index contributed by atoms with van der Waals surface area (Å²) in [6.45, 7) is 0.550. The maximum Gasteiger partial charge on any atom is 0.270 e. The molecule has 1 heterocycles. The average molecular weight is 439 g/mol. The highest BCUT2D eigenvalue weighted by molar-refractivity contribution is 6.00. The molecular weight excluding hydrogens is 413 g/mol. The van der Waals surface area contributed by atoms with E-state index in [4.69, 9.17) is 0 Å². The Bertz CT molecular complexity index is 1080. The summed E-state index contributed by atoms with van der Waals surface area (Å²) in [4.78, 5) is 24.9. The molecule has 9 heteroatoms. The summed E-state index contributed by atoms with van der Waals surface area (Å²) in [6, 6.07) is 12.4. The Kier molecular flexibility index (Phi) is 7.54. The molecule has 0 aliphatic heterocycles. The number of aromatic amines is 1. The van der Waals surface area contributed by atoms with E-state index in [9.17, 15) is 19.3 Å². The molecule has 0 aliphatic carbocycles. The Morgan fingerprint density at radius 1 is 1.16 bits per heavy atom. The lowest BCUT2D eigenvalue weighted by Crippen LogP contribution is -2.28. The van der Waals surface area contributed by atoms with Gasteiger partial charge in [-0.25, -0.2) is 4.39 Å². The van der Waals surface area contributed by atoms with Crippen LogP contribution < -0.4 is 5.32 Å². The van der Waals surface area contributed by atoms with Crippen molar-refractivity contribution >= 4 is 17.3 Å². The Balaban J connectivity index is 1.47. The Morgan fingerprint density at radius 2 is 1.91 bits per heavy atom. The first kappa shape index (κ1) is 22.9. The predicted molar refractivity (Wildman–Crippen MR) is 121 cm³/mol. The Hall–Kier alpha value is -3.75. The monoisotopic (exact) mass is 439 g/mol. The SMILES string of the molecule is CNc1ccc([N+](=O)[O-])cc1C(=O)N(C)CCCCCc1cc(-c2ccc(F)cc2)n[nH]1. The number of H-pyrrole nitrogens is 1. The number of aryl methyl sites for hydroxylation is 1. The van der Waals surface area contributed by atoms with Crippen molar-refractivity contribution in [3.8, 4) is 11.3 Å². The van der Waals surface area contributed by atoms with Crippen molar-refractivity contribution in [1.29, 1.82) is 0 Å². The number of non-ortho nitro benzene ring substituents is 1. The molecule has 2 aromatic carbocycles. The zero-order valence-electron chi connectivity index (χ0n) is 18.1. The number of rotatable bonds is 10. The first-order valence-electron chi connectivity index (χ1n) is 10.4. The summed E-state index contributed by atoms with van der Waals surface area (Å²) in [5.41, 5.74) is 3.38. The van der Waals surface area contributed by atoms with Crippen LogP contribution in [0.25, 0.3) is 11.3 Å². The van der Waals surface area contributed by atoms with Crippen LogP contribution in [0.2, 0.25) is 0 Å². The number of hydrogen-bond donors (Lipinski definition) is 2. The second-order valence-electron chi connectivity index (χ2n) is 7.56. The number of hydrogen-bond acceptors (Lipinski definition) is 5. The summed E-state index contributed by atoms with van der Waals surface area (Å²) in [7, 11) is 3.37. The summed E-state index contributed by atoms with van der Waals surface area (Å²) >= 11 is 0. The highest BCUT2D eigenvalue weighted by Gasteiger charge is 2.19. The first-order valence-corrected chi connectivity index (χ1v) is 10.4. The molecule has 1 amide bonds. The summed E-state index contributed by atoms with van der Waals surface area (Å²) in [5, 5.41) is 21.2. The van der Waals surface area contributed by atoms with Crippen LogP contribution in [0.4, 0.5) is 15.8 Å². The van der Waals surface area contributed by atoms with Crippen molar-refractivity contribution in [2.45, 2.75) is 25.7 Å². The number of halogens is 1. The molecule has 0 radical (unpaired) electrons. The second kappa shape index (κ2) is 10.5. The van der Waals surface area contributed by atoms with E-state index in [1.54, 1.807) is 37.2 Å². The minimum Gasteiger partial charge on any atom is -0.387 e. The fourth-order valence-electron chi connectivity index (χ4n) is 3.45. The number of nitrogens with one attached hydrogen (secondary N) is 2. The lowest BCUT2D eigenvalue weighted by molar-refractivity contribution is -0.384. The third kappa shape index (κ3) is 5.69. The second-order valence-corrected chi connectivity index (χ2v) is 7.56. The molecule has 0 fully saturated rings. The molecule has 168 valence electrons. The largest absolute Gasteiger partial charge is 0.387 e. The number of anilines is 1. The van der Waals surface area contributed by atoms with E-state index < -0.39 is 4.92 Å². The van der Waals surface area contributed by atoms with Crippen LogP contribution in [-0.4, -0.2) is 46.6 Å². The zero-order valence-corrected chi connectivity index (χ0v) is 18.1. The number of nitro benzene ring substituents is 1. The number of aromatic nitrogens is 2. The number of benzene rings is 2. The quantitative estimate of drug-likeness (QED) is 0.272. The van der Waals surface area contributed by atoms with Gasteiger partial charge >= 0.3 is 0 Å². The van der Waals surface area contributed by atoms with Crippen LogP contribution in [0.3, 0.4) is 0 Å². The van der Waals surface area contributed by atoms with Crippen molar-refractivity contribution in [3.05, 3.63) is 75.7 Å². The van der Waals surface area contributed by atoms with Gasteiger partial charge < -0.3 is 10.2 Å². The van der Waals surface area contributed by atoms with Crippen molar-refractivity contribution in [2.75, 3.05) is 26.0 Å². The van der Waals surface area contributed by atoms with Crippen molar-refractivity contribution < 1.29 is 14.1 Å². The number of nitro groups is 1. The minimum atomic E-state index is -0.507. The van der Waals surface area contributed by atoms with Gasteiger partial charge in [0.1, 0.15) is 5.82 Å². The molecule has 2 N–H and O–H groups in total. The van der Waals surface area contributed by atoms with Gasteiger partial charge in [0, 0.05) is 49.7 Å². The van der Waals surface area contributed by atoms with E-state index >= 15 is 0 Å². The Labute approximate surface area is 185 Å². The van der Waals surface area contributed by atoms with Crippen molar-refractivity contribution in [2.24, 2.45) is 0 Å². The molecule has 0 spiro atoms. The van der Waals surface area contributed by atoms with Gasteiger partial charge in [-0.15, -0.1) is 0 Å². The molecule has 0 saturated carbocycles. The van der Waals surface area contributed by atoms with Crippen LogP contribution in [0.15, 0.2) is 48.5 Å². The maximum atomic E-state index is 13.1. The topological polar surface area (TPSA) is 104 Å². The van der Waals surface area contributed by atoms with Crippen molar-refractivity contribution in [1.82, 2.24) is 15.1 Å². The van der Waals surface area contributed by atoms with Gasteiger partial charge in [-0.2, -0.15) is 5.10 Å². The van der Waals surface area contributed by atoms with Crippen LogP contribution in [0.5, 0.6) is 0 Å². The van der Waals surface area contributed by atoms with E-state index in [0.717, 1.165) is 42.6 Å². The van der Waals surface area contributed by atoms with Crippen LogP contribution in [0, 0.1) is 15.9 Å². The van der Waals surface area contributed by atoms with E-state index in [2.05, 4.69) is 15.5 Å². The molecule has 1 aromatic heterocycles.